The molecule has 1 aromatic rings. The molecule has 2 aliphatic heterocycles. The summed E-state index contributed by atoms with van der Waals surface area (Å²) >= 11 is 0. The molecule has 0 spiro atoms. The highest BCUT2D eigenvalue weighted by Gasteiger charge is 2.41. The van der Waals surface area contributed by atoms with Crippen LogP contribution in [0.1, 0.15) is 11.5 Å². The van der Waals surface area contributed by atoms with Gasteiger partial charge in [-0.1, -0.05) is 18.2 Å². The van der Waals surface area contributed by atoms with Gasteiger partial charge in [-0.2, -0.15) is 0 Å². The van der Waals surface area contributed by atoms with Gasteiger partial charge in [-0.15, -0.1) is 0 Å². The fourth-order valence-electron chi connectivity index (χ4n) is 2.40. The molecule has 1 amide bonds. The van der Waals surface area contributed by atoms with Gasteiger partial charge in [0.05, 0.1) is 5.92 Å². The number of rotatable bonds is 2. The van der Waals surface area contributed by atoms with E-state index in [-0.39, 0.29) is 11.8 Å². The van der Waals surface area contributed by atoms with Crippen LogP contribution in [-0.2, 0) is 9.59 Å². The molecular formula is C13H13NO4. The number of hydrogen-bond acceptors (Lipinski definition) is 3. The maximum absolute atomic E-state index is 12.2. The lowest BCUT2D eigenvalue weighted by molar-refractivity contribution is -0.153. The quantitative estimate of drug-likeness (QED) is 0.835. The molecule has 5 nitrogen and oxygen atoms in total. The third kappa shape index (κ3) is 1.63. The summed E-state index contributed by atoms with van der Waals surface area (Å²) in [5.41, 5.74) is 0.904. The van der Waals surface area contributed by atoms with E-state index in [4.69, 9.17) is 9.84 Å². The van der Waals surface area contributed by atoms with Crippen LogP contribution in [0.3, 0.4) is 0 Å². The maximum atomic E-state index is 12.2. The first kappa shape index (κ1) is 11.1. The smallest absolute Gasteiger partial charge is 0.310 e. The molecule has 1 saturated heterocycles. The van der Waals surface area contributed by atoms with Crippen LogP contribution < -0.4 is 4.74 Å². The second kappa shape index (κ2) is 4.01. The van der Waals surface area contributed by atoms with E-state index < -0.39 is 11.9 Å². The van der Waals surface area contributed by atoms with Crippen LogP contribution in [0.25, 0.3) is 0 Å². The zero-order chi connectivity index (χ0) is 12.7. The molecule has 2 aliphatic rings. The normalized spacial score (nSPS) is 22.0. The highest BCUT2D eigenvalue weighted by atomic mass is 16.5. The molecule has 1 N–H and O–H groups in total. The van der Waals surface area contributed by atoms with Crippen molar-refractivity contribution >= 4 is 11.9 Å². The first-order chi connectivity index (χ1) is 8.66. The number of para-hydroxylation sites is 1. The Labute approximate surface area is 104 Å². The van der Waals surface area contributed by atoms with E-state index in [2.05, 4.69) is 0 Å². The number of carboxylic acids is 1. The van der Waals surface area contributed by atoms with Gasteiger partial charge < -0.3 is 14.7 Å². The largest absolute Gasteiger partial charge is 0.492 e. The van der Waals surface area contributed by atoms with Gasteiger partial charge in [0.1, 0.15) is 18.3 Å². The lowest BCUT2D eigenvalue weighted by Crippen LogP contribution is -2.54. The number of amides is 1. The summed E-state index contributed by atoms with van der Waals surface area (Å²) in [6.45, 7) is 0.978. The van der Waals surface area contributed by atoms with E-state index in [0.717, 1.165) is 11.3 Å². The van der Waals surface area contributed by atoms with Crippen LogP contribution in [0.15, 0.2) is 24.3 Å². The topological polar surface area (TPSA) is 66.8 Å². The third-order valence-electron chi connectivity index (χ3n) is 3.54. The van der Waals surface area contributed by atoms with Gasteiger partial charge in [0.25, 0.3) is 0 Å². The van der Waals surface area contributed by atoms with Crippen molar-refractivity contribution in [3.8, 4) is 5.75 Å². The zero-order valence-corrected chi connectivity index (χ0v) is 9.70. The fourth-order valence-corrected chi connectivity index (χ4v) is 2.40. The molecule has 94 valence electrons. The standard InChI is InChI=1S/C13H13NO4/c15-12(14-5-8(6-14)13(16)17)10-7-18-11-4-2-1-3-9(10)11/h1-4,8,10H,5-7H2,(H,16,17). The van der Waals surface area contributed by atoms with E-state index in [1.165, 1.54) is 0 Å². The lowest BCUT2D eigenvalue weighted by atomic mass is 9.94. The summed E-state index contributed by atoms with van der Waals surface area (Å²) < 4.78 is 5.46. The van der Waals surface area contributed by atoms with Crippen LogP contribution >= 0.6 is 0 Å². The summed E-state index contributed by atoms with van der Waals surface area (Å²) in [5, 5.41) is 8.79. The van der Waals surface area contributed by atoms with Gasteiger partial charge in [0.15, 0.2) is 0 Å². The molecule has 2 heterocycles. The van der Waals surface area contributed by atoms with Crippen molar-refractivity contribution in [1.29, 1.82) is 0 Å². The Morgan fingerprint density at radius 2 is 2.00 bits per heavy atom. The van der Waals surface area contributed by atoms with Crippen molar-refractivity contribution in [3.63, 3.8) is 0 Å². The number of likely N-dealkylation sites (tertiary alicyclic amines) is 1. The maximum Gasteiger partial charge on any atom is 0.310 e. The average molecular weight is 247 g/mol. The predicted molar refractivity (Wildman–Crippen MR) is 62.4 cm³/mol. The van der Waals surface area contributed by atoms with Crippen molar-refractivity contribution in [3.05, 3.63) is 29.8 Å². The Morgan fingerprint density at radius 3 is 2.72 bits per heavy atom. The molecular weight excluding hydrogens is 234 g/mol. The van der Waals surface area contributed by atoms with Gasteiger partial charge >= 0.3 is 5.97 Å². The van der Waals surface area contributed by atoms with E-state index in [9.17, 15) is 9.59 Å². The Hall–Kier alpha value is -2.04. The number of carboxylic acid groups (broad SMARTS) is 1. The molecule has 3 rings (SSSR count). The Morgan fingerprint density at radius 1 is 1.28 bits per heavy atom. The molecule has 1 atom stereocenters. The summed E-state index contributed by atoms with van der Waals surface area (Å²) in [7, 11) is 0. The van der Waals surface area contributed by atoms with E-state index in [1.54, 1.807) is 4.90 Å². The number of fused-ring (bicyclic) bond motifs is 1. The predicted octanol–water partition coefficient (Wildman–Crippen LogP) is 0.706. The number of carbonyl (C=O) groups excluding carboxylic acids is 1. The summed E-state index contributed by atoms with van der Waals surface area (Å²) in [6.07, 6.45) is 0. The highest BCUT2D eigenvalue weighted by Crippen LogP contribution is 2.35. The fraction of sp³-hybridized carbons (Fsp3) is 0.385. The second-order valence-corrected chi connectivity index (χ2v) is 4.68. The molecule has 0 saturated carbocycles. The molecule has 1 unspecified atom stereocenters. The van der Waals surface area contributed by atoms with E-state index in [1.807, 2.05) is 24.3 Å². The van der Waals surface area contributed by atoms with Crippen molar-refractivity contribution in [2.45, 2.75) is 5.92 Å². The lowest BCUT2D eigenvalue weighted by Gasteiger charge is -2.38. The van der Waals surface area contributed by atoms with E-state index in [0.29, 0.717) is 19.7 Å². The van der Waals surface area contributed by atoms with Crippen LogP contribution in [0.5, 0.6) is 5.75 Å². The number of aliphatic carboxylic acids is 1. The minimum Gasteiger partial charge on any atom is -0.492 e. The monoisotopic (exact) mass is 247 g/mol. The minimum atomic E-state index is -0.831. The Kier molecular flexibility index (Phi) is 2.47. The van der Waals surface area contributed by atoms with Gasteiger partial charge in [0, 0.05) is 18.7 Å². The minimum absolute atomic E-state index is 0.0301. The number of carbonyl (C=O) groups is 2. The van der Waals surface area contributed by atoms with Crippen LogP contribution in [-0.4, -0.2) is 41.6 Å². The molecule has 18 heavy (non-hydrogen) atoms. The first-order valence-electron chi connectivity index (χ1n) is 5.90. The average Bonchev–Trinajstić information content (AvgIpc) is 2.69. The van der Waals surface area contributed by atoms with Crippen molar-refractivity contribution < 1.29 is 19.4 Å². The highest BCUT2D eigenvalue weighted by molar-refractivity contribution is 5.87. The second-order valence-electron chi connectivity index (χ2n) is 4.68. The molecule has 0 radical (unpaired) electrons. The molecule has 0 aliphatic carbocycles. The van der Waals surface area contributed by atoms with Gasteiger partial charge in [-0.05, 0) is 6.07 Å². The summed E-state index contributed by atoms with van der Waals surface area (Å²) in [6, 6.07) is 7.48. The number of hydrogen-bond donors (Lipinski definition) is 1. The Bertz CT molecular complexity index is 507. The summed E-state index contributed by atoms with van der Waals surface area (Å²) in [5.74, 6) is -0.798. The first-order valence-corrected chi connectivity index (χ1v) is 5.90. The SMILES string of the molecule is O=C(O)C1CN(C(=O)C2COc3ccccc32)C1. The third-order valence-corrected chi connectivity index (χ3v) is 3.54. The number of nitrogens with zero attached hydrogens (tertiary/aromatic N) is 1. The number of ether oxygens (including phenoxy) is 1. The molecule has 0 aromatic heterocycles. The summed E-state index contributed by atoms with van der Waals surface area (Å²) in [4.78, 5) is 24.5. The Balaban J connectivity index is 1.71. The van der Waals surface area contributed by atoms with Crippen molar-refractivity contribution in [1.82, 2.24) is 4.90 Å². The van der Waals surface area contributed by atoms with Crippen LogP contribution in [0, 0.1) is 5.92 Å². The van der Waals surface area contributed by atoms with Gasteiger partial charge in [-0.3, -0.25) is 9.59 Å². The van der Waals surface area contributed by atoms with E-state index >= 15 is 0 Å². The molecule has 1 fully saturated rings. The van der Waals surface area contributed by atoms with Crippen molar-refractivity contribution in [2.24, 2.45) is 5.92 Å². The van der Waals surface area contributed by atoms with Crippen LogP contribution in [0.4, 0.5) is 0 Å². The van der Waals surface area contributed by atoms with Gasteiger partial charge in [-0.25, -0.2) is 0 Å². The zero-order valence-electron chi connectivity index (χ0n) is 9.70. The number of benzene rings is 1. The molecule has 0 bridgehead atoms. The van der Waals surface area contributed by atoms with Gasteiger partial charge in [0.2, 0.25) is 5.91 Å². The molecule has 1 aromatic carbocycles. The van der Waals surface area contributed by atoms with Crippen LogP contribution in [0.2, 0.25) is 0 Å². The van der Waals surface area contributed by atoms with Crippen molar-refractivity contribution in [2.75, 3.05) is 19.7 Å². The molecule has 5 heteroatoms.